The van der Waals surface area contributed by atoms with Crippen molar-refractivity contribution in [2.45, 2.75) is 25.0 Å². The van der Waals surface area contributed by atoms with Crippen molar-refractivity contribution in [3.05, 3.63) is 22.8 Å². The molecule has 0 saturated heterocycles. The summed E-state index contributed by atoms with van der Waals surface area (Å²) >= 11 is 5.70. The van der Waals surface area contributed by atoms with Gasteiger partial charge >= 0.3 is 5.97 Å². The van der Waals surface area contributed by atoms with E-state index in [2.05, 4.69) is 10.3 Å². The van der Waals surface area contributed by atoms with Crippen LogP contribution in [0.25, 0.3) is 0 Å². The fourth-order valence-electron chi connectivity index (χ4n) is 1.62. The number of aliphatic hydroxyl groups excluding tert-OH is 1. The van der Waals surface area contributed by atoms with E-state index in [4.69, 9.17) is 21.8 Å². The normalized spacial score (nSPS) is 23.6. The standard InChI is InChI=1S/C10H11ClN2O3/c11-8-2-1-7(10(15)16)9(13-8)12-5-3-6(14)4-5/h1-2,5-6,14H,3-4H2,(H,12,13)(H,15,16). The zero-order chi connectivity index (χ0) is 11.7. The third-order valence-electron chi connectivity index (χ3n) is 2.55. The smallest absolute Gasteiger partial charge is 0.339 e. The molecule has 1 fully saturated rings. The summed E-state index contributed by atoms with van der Waals surface area (Å²) in [4.78, 5) is 14.8. The highest BCUT2D eigenvalue weighted by Crippen LogP contribution is 2.25. The summed E-state index contributed by atoms with van der Waals surface area (Å²) in [5.74, 6) is -0.788. The summed E-state index contributed by atoms with van der Waals surface area (Å²) in [6, 6.07) is 2.92. The van der Waals surface area contributed by atoms with Crippen LogP contribution in [-0.2, 0) is 0 Å². The van der Waals surface area contributed by atoms with Crippen molar-refractivity contribution in [3.63, 3.8) is 0 Å². The number of halogens is 1. The molecule has 0 amide bonds. The first-order valence-electron chi connectivity index (χ1n) is 4.90. The van der Waals surface area contributed by atoms with Gasteiger partial charge in [0.25, 0.3) is 0 Å². The van der Waals surface area contributed by atoms with Crippen LogP contribution in [-0.4, -0.2) is 33.3 Å². The van der Waals surface area contributed by atoms with Crippen LogP contribution in [0, 0.1) is 0 Å². The molecular formula is C10H11ClN2O3. The summed E-state index contributed by atoms with van der Waals surface area (Å²) in [7, 11) is 0. The van der Waals surface area contributed by atoms with E-state index < -0.39 is 5.97 Å². The molecule has 0 bridgehead atoms. The third-order valence-corrected chi connectivity index (χ3v) is 2.76. The van der Waals surface area contributed by atoms with Crippen LogP contribution in [0.1, 0.15) is 23.2 Å². The highest BCUT2D eigenvalue weighted by atomic mass is 35.5. The van der Waals surface area contributed by atoms with Gasteiger partial charge in [-0.2, -0.15) is 0 Å². The molecule has 86 valence electrons. The second-order valence-electron chi connectivity index (χ2n) is 3.80. The fraction of sp³-hybridized carbons (Fsp3) is 0.400. The Morgan fingerprint density at radius 3 is 2.75 bits per heavy atom. The Balaban J connectivity index is 2.17. The maximum absolute atomic E-state index is 10.9. The van der Waals surface area contributed by atoms with Crippen LogP contribution >= 0.6 is 11.6 Å². The molecule has 3 N–H and O–H groups in total. The minimum Gasteiger partial charge on any atom is -0.478 e. The van der Waals surface area contributed by atoms with E-state index in [1.165, 1.54) is 12.1 Å². The summed E-state index contributed by atoms with van der Waals surface area (Å²) in [5, 5.41) is 21.3. The third kappa shape index (κ3) is 2.25. The number of nitrogens with one attached hydrogen (secondary N) is 1. The van der Waals surface area contributed by atoms with E-state index in [9.17, 15) is 4.79 Å². The van der Waals surface area contributed by atoms with Crippen molar-refractivity contribution < 1.29 is 15.0 Å². The van der Waals surface area contributed by atoms with Gasteiger partial charge in [-0.1, -0.05) is 11.6 Å². The van der Waals surface area contributed by atoms with Crippen LogP contribution in [0.2, 0.25) is 5.15 Å². The number of aromatic carboxylic acids is 1. The maximum atomic E-state index is 10.9. The second kappa shape index (κ2) is 4.27. The lowest BCUT2D eigenvalue weighted by atomic mass is 9.89. The molecule has 1 aliphatic rings. The molecule has 0 unspecified atom stereocenters. The molecule has 1 heterocycles. The van der Waals surface area contributed by atoms with E-state index in [0.29, 0.717) is 12.8 Å². The van der Waals surface area contributed by atoms with Crippen molar-refractivity contribution in [1.82, 2.24) is 4.98 Å². The Labute approximate surface area is 97.1 Å². The van der Waals surface area contributed by atoms with Crippen LogP contribution in [0.15, 0.2) is 12.1 Å². The largest absolute Gasteiger partial charge is 0.478 e. The fourth-order valence-corrected chi connectivity index (χ4v) is 1.76. The number of pyridine rings is 1. The maximum Gasteiger partial charge on any atom is 0.339 e. The summed E-state index contributed by atoms with van der Waals surface area (Å²) < 4.78 is 0. The van der Waals surface area contributed by atoms with E-state index in [1.54, 1.807) is 0 Å². The molecule has 0 aromatic carbocycles. The van der Waals surface area contributed by atoms with Crippen LogP contribution < -0.4 is 5.32 Å². The molecule has 0 atom stereocenters. The van der Waals surface area contributed by atoms with Gasteiger partial charge in [0.05, 0.1) is 6.10 Å². The molecule has 0 spiro atoms. The Hall–Kier alpha value is -1.33. The number of carboxylic acids is 1. The summed E-state index contributed by atoms with van der Waals surface area (Å²) in [6.45, 7) is 0. The van der Waals surface area contributed by atoms with Crippen molar-refractivity contribution in [2.24, 2.45) is 0 Å². The average Bonchev–Trinajstić information content (AvgIpc) is 2.15. The monoisotopic (exact) mass is 242 g/mol. The van der Waals surface area contributed by atoms with Gasteiger partial charge in [0.1, 0.15) is 16.5 Å². The quantitative estimate of drug-likeness (QED) is 0.698. The number of carboxylic acid groups (broad SMARTS) is 1. The number of rotatable bonds is 3. The van der Waals surface area contributed by atoms with E-state index in [-0.39, 0.29) is 28.7 Å². The minimum atomic E-state index is -1.05. The lowest BCUT2D eigenvalue weighted by molar-refractivity contribution is 0.0697. The number of aliphatic hydroxyl groups is 1. The molecule has 0 aliphatic heterocycles. The predicted octanol–water partition coefficient (Wildman–Crippen LogP) is 1.37. The van der Waals surface area contributed by atoms with Crippen molar-refractivity contribution in [3.8, 4) is 0 Å². The highest BCUT2D eigenvalue weighted by Gasteiger charge is 2.28. The van der Waals surface area contributed by atoms with Gasteiger partial charge in [-0.25, -0.2) is 9.78 Å². The Morgan fingerprint density at radius 1 is 1.50 bits per heavy atom. The van der Waals surface area contributed by atoms with E-state index in [0.717, 1.165) is 0 Å². The molecule has 6 heteroatoms. The number of hydrogen-bond acceptors (Lipinski definition) is 4. The van der Waals surface area contributed by atoms with E-state index >= 15 is 0 Å². The lowest BCUT2D eigenvalue weighted by Crippen LogP contribution is -2.39. The highest BCUT2D eigenvalue weighted by molar-refractivity contribution is 6.29. The Bertz CT molecular complexity index is 419. The van der Waals surface area contributed by atoms with Crippen molar-refractivity contribution >= 4 is 23.4 Å². The molecule has 2 rings (SSSR count). The first-order valence-corrected chi connectivity index (χ1v) is 5.28. The summed E-state index contributed by atoms with van der Waals surface area (Å²) in [5.41, 5.74) is 0.0887. The molecule has 1 aromatic rings. The van der Waals surface area contributed by atoms with Crippen molar-refractivity contribution in [2.75, 3.05) is 5.32 Å². The van der Waals surface area contributed by atoms with Crippen LogP contribution in [0.5, 0.6) is 0 Å². The molecule has 1 aliphatic carbocycles. The van der Waals surface area contributed by atoms with Gasteiger partial charge in [0.15, 0.2) is 0 Å². The molecule has 1 saturated carbocycles. The number of nitrogens with zero attached hydrogens (tertiary/aromatic N) is 1. The lowest BCUT2D eigenvalue weighted by Gasteiger charge is -2.32. The zero-order valence-electron chi connectivity index (χ0n) is 8.35. The Kier molecular flexibility index (Phi) is 2.98. The topological polar surface area (TPSA) is 82.5 Å². The zero-order valence-corrected chi connectivity index (χ0v) is 9.11. The number of anilines is 1. The number of aromatic nitrogens is 1. The van der Waals surface area contributed by atoms with Crippen LogP contribution in [0.3, 0.4) is 0 Å². The number of carbonyl (C=O) groups is 1. The molecule has 16 heavy (non-hydrogen) atoms. The minimum absolute atomic E-state index is 0.0686. The average molecular weight is 243 g/mol. The number of hydrogen-bond donors (Lipinski definition) is 3. The predicted molar refractivity (Wildman–Crippen MR) is 58.9 cm³/mol. The summed E-state index contributed by atoms with van der Waals surface area (Å²) in [6.07, 6.45) is 0.908. The van der Waals surface area contributed by atoms with Crippen molar-refractivity contribution in [1.29, 1.82) is 0 Å². The molecule has 0 radical (unpaired) electrons. The van der Waals surface area contributed by atoms with Crippen LogP contribution in [0.4, 0.5) is 5.82 Å². The molecular weight excluding hydrogens is 232 g/mol. The second-order valence-corrected chi connectivity index (χ2v) is 4.19. The van der Waals surface area contributed by atoms with Gasteiger partial charge in [-0.3, -0.25) is 0 Å². The van der Waals surface area contributed by atoms with Gasteiger partial charge in [0, 0.05) is 6.04 Å². The van der Waals surface area contributed by atoms with Gasteiger partial charge in [0.2, 0.25) is 0 Å². The van der Waals surface area contributed by atoms with E-state index in [1.807, 2.05) is 0 Å². The Morgan fingerprint density at radius 2 is 2.19 bits per heavy atom. The molecule has 5 nitrogen and oxygen atoms in total. The van der Waals surface area contributed by atoms with Gasteiger partial charge in [-0.05, 0) is 25.0 Å². The molecule has 1 aromatic heterocycles. The first kappa shape index (κ1) is 11.2. The SMILES string of the molecule is O=C(O)c1ccc(Cl)nc1NC1CC(O)C1. The van der Waals surface area contributed by atoms with Gasteiger partial charge in [-0.15, -0.1) is 0 Å². The van der Waals surface area contributed by atoms with Gasteiger partial charge < -0.3 is 15.5 Å². The first-order chi connectivity index (χ1) is 7.56.